The highest BCUT2D eigenvalue weighted by molar-refractivity contribution is 5.98. The zero-order valence-corrected chi connectivity index (χ0v) is 16.4. The third kappa shape index (κ3) is 3.49. The molecule has 2 aromatic carbocycles. The highest BCUT2D eigenvalue weighted by Crippen LogP contribution is 2.38. The number of anilines is 1. The van der Waals surface area contributed by atoms with Crippen molar-refractivity contribution in [1.29, 1.82) is 0 Å². The van der Waals surface area contributed by atoms with Crippen LogP contribution in [-0.2, 0) is 4.79 Å². The summed E-state index contributed by atoms with van der Waals surface area (Å²) < 4.78 is 21.5. The summed E-state index contributed by atoms with van der Waals surface area (Å²) in [6.07, 6.45) is 0.283. The second-order valence-electron chi connectivity index (χ2n) is 6.60. The molecule has 8 nitrogen and oxygen atoms in total. The van der Waals surface area contributed by atoms with Crippen LogP contribution in [0.5, 0.6) is 17.2 Å². The van der Waals surface area contributed by atoms with E-state index in [0.29, 0.717) is 46.8 Å². The molecule has 150 valence electrons. The predicted molar refractivity (Wildman–Crippen MR) is 106 cm³/mol. The van der Waals surface area contributed by atoms with E-state index in [1.165, 1.54) is 0 Å². The molecule has 0 bridgehead atoms. The van der Waals surface area contributed by atoms with Crippen molar-refractivity contribution in [3.8, 4) is 28.7 Å². The van der Waals surface area contributed by atoms with E-state index in [9.17, 15) is 4.79 Å². The molecule has 0 radical (unpaired) electrons. The van der Waals surface area contributed by atoms with Crippen LogP contribution in [0.3, 0.4) is 0 Å². The maximum Gasteiger partial charge on any atom is 0.261 e. The van der Waals surface area contributed by atoms with Gasteiger partial charge in [-0.3, -0.25) is 4.79 Å². The summed E-state index contributed by atoms with van der Waals surface area (Å²) in [5, 5.41) is 4.11. The molecular weight excluding hydrogens is 374 g/mol. The minimum absolute atomic E-state index is 0.0369. The van der Waals surface area contributed by atoms with Crippen molar-refractivity contribution in [3.05, 3.63) is 48.3 Å². The molecular formula is C21H21N3O5. The van der Waals surface area contributed by atoms with Gasteiger partial charge in [0.1, 0.15) is 17.2 Å². The summed E-state index contributed by atoms with van der Waals surface area (Å²) in [4.78, 5) is 18.9. The van der Waals surface area contributed by atoms with Gasteiger partial charge in [0.05, 0.1) is 32.6 Å². The number of methoxy groups -OCH3 is 3. The normalized spacial score (nSPS) is 16.2. The first-order valence-corrected chi connectivity index (χ1v) is 9.14. The average Bonchev–Trinajstić information content (AvgIpc) is 3.40. The number of amides is 1. The molecule has 3 aromatic rings. The molecule has 29 heavy (non-hydrogen) atoms. The molecule has 1 aromatic heterocycles. The minimum atomic E-state index is -0.189. The van der Waals surface area contributed by atoms with Crippen molar-refractivity contribution in [3.63, 3.8) is 0 Å². The Labute approximate surface area is 168 Å². The Morgan fingerprint density at radius 1 is 1.03 bits per heavy atom. The van der Waals surface area contributed by atoms with Crippen molar-refractivity contribution in [2.45, 2.75) is 12.3 Å². The van der Waals surface area contributed by atoms with Crippen molar-refractivity contribution < 1.29 is 23.5 Å². The smallest absolute Gasteiger partial charge is 0.261 e. The maximum absolute atomic E-state index is 12.7. The molecule has 0 spiro atoms. The van der Waals surface area contributed by atoms with Crippen LogP contribution < -0.4 is 19.1 Å². The fourth-order valence-corrected chi connectivity index (χ4v) is 3.45. The molecule has 0 saturated carbocycles. The van der Waals surface area contributed by atoms with Gasteiger partial charge in [0.2, 0.25) is 5.91 Å². The third-order valence-electron chi connectivity index (χ3n) is 4.95. The van der Waals surface area contributed by atoms with Crippen LogP contribution in [0.1, 0.15) is 18.2 Å². The van der Waals surface area contributed by atoms with Gasteiger partial charge in [0.15, 0.2) is 5.82 Å². The van der Waals surface area contributed by atoms with Crippen LogP contribution in [0.25, 0.3) is 11.5 Å². The number of carbonyl (C=O) groups excluding carboxylic acids is 1. The molecule has 1 atom stereocenters. The predicted octanol–water partition coefficient (Wildman–Crippen LogP) is 3.28. The molecule has 1 amide bonds. The Kier molecular flexibility index (Phi) is 5.07. The molecule has 2 heterocycles. The molecule has 1 aliphatic rings. The van der Waals surface area contributed by atoms with E-state index >= 15 is 0 Å². The lowest BCUT2D eigenvalue weighted by molar-refractivity contribution is -0.117. The Hall–Kier alpha value is -3.55. The Morgan fingerprint density at radius 2 is 1.83 bits per heavy atom. The summed E-state index contributed by atoms with van der Waals surface area (Å²) >= 11 is 0. The van der Waals surface area contributed by atoms with Crippen LogP contribution in [0.4, 0.5) is 5.69 Å². The maximum atomic E-state index is 12.7. The van der Waals surface area contributed by atoms with Gasteiger partial charge in [-0.15, -0.1) is 0 Å². The largest absolute Gasteiger partial charge is 0.497 e. The zero-order valence-electron chi connectivity index (χ0n) is 16.4. The summed E-state index contributed by atoms with van der Waals surface area (Å²) in [6, 6.07) is 12.8. The van der Waals surface area contributed by atoms with E-state index in [2.05, 4.69) is 10.1 Å². The summed E-state index contributed by atoms with van der Waals surface area (Å²) in [5.41, 5.74) is 1.37. The van der Waals surface area contributed by atoms with Gasteiger partial charge in [-0.05, 0) is 24.3 Å². The van der Waals surface area contributed by atoms with Gasteiger partial charge in [-0.25, -0.2) is 0 Å². The van der Waals surface area contributed by atoms with Crippen molar-refractivity contribution >= 4 is 11.6 Å². The molecule has 1 unspecified atom stereocenters. The Morgan fingerprint density at radius 3 is 2.59 bits per heavy atom. The minimum Gasteiger partial charge on any atom is -0.497 e. The second kappa shape index (κ2) is 7.83. The average molecular weight is 395 g/mol. The fourth-order valence-electron chi connectivity index (χ4n) is 3.45. The quantitative estimate of drug-likeness (QED) is 0.633. The summed E-state index contributed by atoms with van der Waals surface area (Å²) in [6.45, 7) is 0.424. The molecule has 1 saturated heterocycles. The number of hydrogen-bond acceptors (Lipinski definition) is 7. The zero-order chi connectivity index (χ0) is 20.4. The molecule has 8 heteroatoms. The first kappa shape index (κ1) is 18.8. The Bertz CT molecular complexity index is 1030. The van der Waals surface area contributed by atoms with Gasteiger partial charge in [-0.2, -0.15) is 4.98 Å². The first-order valence-electron chi connectivity index (χ1n) is 9.14. The van der Waals surface area contributed by atoms with Crippen LogP contribution >= 0.6 is 0 Å². The number of hydrogen-bond donors (Lipinski definition) is 0. The van der Waals surface area contributed by atoms with Crippen LogP contribution in [0.15, 0.2) is 47.0 Å². The van der Waals surface area contributed by atoms with Gasteiger partial charge >= 0.3 is 0 Å². The third-order valence-corrected chi connectivity index (χ3v) is 4.95. The van der Waals surface area contributed by atoms with Crippen LogP contribution in [-0.4, -0.2) is 43.9 Å². The van der Waals surface area contributed by atoms with E-state index in [0.717, 1.165) is 0 Å². The molecule has 0 aliphatic carbocycles. The molecule has 1 fully saturated rings. The van der Waals surface area contributed by atoms with E-state index in [4.69, 9.17) is 18.7 Å². The first-order chi connectivity index (χ1) is 14.1. The lowest BCUT2D eigenvalue weighted by Gasteiger charge is -2.20. The van der Waals surface area contributed by atoms with Crippen molar-refractivity contribution in [1.82, 2.24) is 10.1 Å². The SMILES string of the molecule is COc1ccc(OC)c(N2CC(c3noc(-c4ccccc4OC)n3)CC2=O)c1. The lowest BCUT2D eigenvalue weighted by Crippen LogP contribution is -2.25. The van der Waals surface area contributed by atoms with Gasteiger partial charge in [-0.1, -0.05) is 17.3 Å². The standard InChI is InChI=1S/C21H21N3O5/c1-26-14-8-9-18(28-3)16(11-14)24-12-13(10-19(24)25)20-22-21(29-23-20)15-6-4-5-7-17(15)27-2/h4-9,11,13H,10,12H2,1-3H3. The van der Waals surface area contributed by atoms with E-state index in [-0.39, 0.29) is 18.2 Å². The fraction of sp³-hybridized carbons (Fsp3) is 0.286. The van der Waals surface area contributed by atoms with Gasteiger partial charge < -0.3 is 23.6 Å². The van der Waals surface area contributed by atoms with Gasteiger partial charge in [0.25, 0.3) is 5.89 Å². The molecule has 4 rings (SSSR count). The topological polar surface area (TPSA) is 86.9 Å². The number of nitrogens with zero attached hydrogens (tertiary/aromatic N) is 3. The highest BCUT2D eigenvalue weighted by Gasteiger charge is 2.36. The van der Waals surface area contributed by atoms with E-state index < -0.39 is 0 Å². The highest BCUT2D eigenvalue weighted by atomic mass is 16.5. The number of para-hydroxylation sites is 1. The monoisotopic (exact) mass is 395 g/mol. The molecule has 0 N–H and O–H groups in total. The Balaban J connectivity index is 1.60. The molecule has 1 aliphatic heterocycles. The van der Waals surface area contributed by atoms with Crippen LogP contribution in [0.2, 0.25) is 0 Å². The van der Waals surface area contributed by atoms with Crippen molar-refractivity contribution in [2.24, 2.45) is 0 Å². The van der Waals surface area contributed by atoms with Gasteiger partial charge in [0, 0.05) is 24.9 Å². The second-order valence-corrected chi connectivity index (χ2v) is 6.60. The number of ether oxygens (including phenoxy) is 3. The number of rotatable bonds is 6. The number of benzene rings is 2. The van der Waals surface area contributed by atoms with E-state index in [1.807, 2.05) is 24.3 Å². The van der Waals surface area contributed by atoms with Crippen molar-refractivity contribution in [2.75, 3.05) is 32.8 Å². The number of carbonyl (C=O) groups is 1. The summed E-state index contributed by atoms with van der Waals surface area (Å²) in [7, 11) is 4.74. The van der Waals surface area contributed by atoms with Crippen LogP contribution in [0, 0.1) is 0 Å². The number of aromatic nitrogens is 2. The lowest BCUT2D eigenvalue weighted by atomic mass is 10.1. The summed E-state index contributed by atoms with van der Waals surface area (Å²) in [5.74, 6) is 2.52. The van der Waals surface area contributed by atoms with E-state index in [1.54, 1.807) is 44.4 Å².